The van der Waals surface area contributed by atoms with E-state index in [-0.39, 0.29) is 24.1 Å². The average Bonchev–Trinajstić information content (AvgIpc) is 2.77. The fourth-order valence-electron chi connectivity index (χ4n) is 2.37. The molecule has 2 unspecified atom stereocenters. The number of unbranched alkanes of at least 4 members (excludes halogenated alkanes) is 2. The first-order valence-electron chi connectivity index (χ1n) is 6.93. The number of azide groups is 1. The summed E-state index contributed by atoms with van der Waals surface area (Å²) < 4.78 is 5.59. The maximum absolute atomic E-state index is 11.6. The lowest BCUT2D eigenvalue weighted by Gasteiger charge is -2.31. The fourth-order valence-corrected chi connectivity index (χ4v) is 2.37. The van der Waals surface area contributed by atoms with Crippen molar-refractivity contribution in [1.29, 1.82) is 0 Å². The molecule has 8 heteroatoms. The quantitative estimate of drug-likeness (QED) is 0.235. The Hall–Kier alpha value is -1.79. The number of fused-ring (bicyclic) bond motifs is 1. The van der Waals surface area contributed by atoms with Gasteiger partial charge in [0.05, 0.1) is 19.1 Å². The van der Waals surface area contributed by atoms with Gasteiger partial charge >= 0.3 is 0 Å². The smallest absolute Gasteiger partial charge is 0.229 e. The van der Waals surface area contributed by atoms with Crippen LogP contribution in [-0.2, 0) is 14.3 Å². The molecule has 0 aliphatic carbocycles. The topological polar surface area (TPSA) is 107 Å². The molecule has 0 aromatic heterocycles. The number of hydrogen-bond donors (Lipinski definition) is 1. The molecular formula is C12H19N5O3. The van der Waals surface area contributed by atoms with E-state index in [1.807, 2.05) is 0 Å². The van der Waals surface area contributed by atoms with Crippen LogP contribution in [0.1, 0.15) is 32.1 Å². The molecule has 20 heavy (non-hydrogen) atoms. The maximum Gasteiger partial charge on any atom is 0.229 e. The molecule has 8 nitrogen and oxygen atoms in total. The standard InChI is InChI=1S/C12H19N5O3/c13-16-15-5-3-1-2-4-10(18)14-7-9-8-17-11(19)6-12(17)20-9/h9,12H,1-8H2,(H,14,18). The SMILES string of the molecule is [N-]=[N+]=NCCCCCC(=O)NCC1CN2C(=O)CC2O1. The first-order valence-corrected chi connectivity index (χ1v) is 6.93. The summed E-state index contributed by atoms with van der Waals surface area (Å²) in [4.78, 5) is 27.1. The first-order chi connectivity index (χ1) is 9.70. The second kappa shape index (κ2) is 7.12. The second-order valence-corrected chi connectivity index (χ2v) is 5.03. The molecule has 2 aliphatic rings. The van der Waals surface area contributed by atoms with Crippen LogP contribution in [0, 0.1) is 0 Å². The van der Waals surface area contributed by atoms with Crippen molar-refractivity contribution in [3.8, 4) is 0 Å². The molecular weight excluding hydrogens is 262 g/mol. The molecule has 0 saturated carbocycles. The van der Waals surface area contributed by atoms with Crippen molar-refractivity contribution in [2.75, 3.05) is 19.6 Å². The van der Waals surface area contributed by atoms with E-state index < -0.39 is 0 Å². The Kier molecular flexibility index (Phi) is 5.20. The minimum atomic E-state index is -0.0830. The van der Waals surface area contributed by atoms with Crippen LogP contribution in [0.5, 0.6) is 0 Å². The van der Waals surface area contributed by atoms with E-state index in [1.165, 1.54) is 0 Å². The molecule has 110 valence electrons. The lowest BCUT2D eigenvalue weighted by molar-refractivity contribution is -0.156. The predicted molar refractivity (Wildman–Crippen MR) is 70.5 cm³/mol. The maximum atomic E-state index is 11.6. The number of β-lactam (4-membered cyclic amide) rings is 1. The Morgan fingerprint density at radius 3 is 3.05 bits per heavy atom. The van der Waals surface area contributed by atoms with E-state index in [0.717, 1.165) is 19.3 Å². The average molecular weight is 281 g/mol. The van der Waals surface area contributed by atoms with Gasteiger partial charge in [-0.05, 0) is 18.4 Å². The number of rotatable bonds is 8. The summed E-state index contributed by atoms with van der Waals surface area (Å²) >= 11 is 0. The molecule has 2 aliphatic heterocycles. The number of nitrogens with one attached hydrogen (secondary N) is 1. The van der Waals surface area contributed by atoms with Gasteiger partial charge in [0.15, 0.2) is 0 Å². The van der Waals surface area contributed by atoms with Gasteiger partial charge in [0.2, 0.25) is 11.8 Å². The van der Waals surface area contributed by atoms with E-state index in [9.17, 15) is 9.59 Å². The summed E-state index contributed by atoms with van der Waals surface area (Å²) in [7, 11) is 0. The van der Waals surface area contributed by atoms with E-state index in [1.54, 1.807) is 4.90 Å². The zero-order chi connectivity index (χ0) is 14.4. The Balaban J connectivity index is 1.50. The van der Waals surface area contributed by atoms with Gasteiger partial charge in [-0.2, -0.15) is 0 Å². The third kappa shape index (κ3) is 3.85. The summed E-state index contributed by atoms with van der Waals surface area (Å²) in [6.07, 6.45) is 3.25. The third-order valence-electron chi connectivity index (χ3n) is 3.52. The van der Waals surface area contributed by atoms with Crippen LogP contribution in [0.3, 0.4) is 0 Å². The second-order valence-electron chi connectivity index (χ2n) is 5.03. The van der Waals surface area contributed by atoms with Gasteiger partial charge in [0.25, 0.3) is 0 Å². The minimum Gasteiger partial charge on any atom is -0.353 e. The van der Waals surface area contributed by atoms with Crippen molar-refractivity contribution in [3.63, 3.8) is 0 Å². The number of carbonyl (C=O) groups is 2. The monoisotopic (exact) mass is 281 g/mol. The van der Waals surface area contributed by atoms with E-state index >= 15 is 0 Å². The molecule has 2 fully saturated rings. The highest BCUT2D eigenvalue weighted by Crippen LogP contribution is 2.28. The molecule has 0 radical (unpaired) electrons. The Labute approximate surface area is 117 Å². The van der Waals surface area contributed by atoms with Crippen LogP contribution >= 0.6 is 0 Å². The highest BCUT2D eigenvalue weighted by molar-refractivity contribution is 5.83. The molecule has 0 aromatic carbocycles. The van der Waals surface area contributed by atoms with Crippen LogP contribution in [-0.4, -0.2) is 48.7 Å². The Bertz CT molecular complexity index is 421. The molecule has 2 amide bonds. The highest BCUT2D eigenvalue weighted by Gasteiger charge is 2.44. The van der Waals surface area contributed by atoms with Crippen molar-refractivity contribution in [2.45, 2.75) is 44.4 Å². The summed E-state index contributed by atoms with van der Waals surface area (Å²) in [5.74, 6) is 0.127. The van der Waals surface area contributed by atoms with Gasteiger partial charge in [-0.25, -0.2) is 0 Å². The lowest BCUT2D eigenvalue weighted by atomic mass is 10.2. The normalized spacial score (nSPS) is 23.8. The number of ether oxygens (including phenoxy) is 1. The van der Waals surface area contributed by atoms with Crippen molar-refractivity contribution in [3.05, 3.63) is 10.4 Å². The van der Waals surface area contributed by atoms with Crippen LogP contribution in [0.4, 0.5) is 0 Å². The largest absolute Gasteiger partial charge is 0.353 e. The first kappa shape index (κ1) is 14.6. The van der Waals surface area contributed by atoms with Crippen molar-refractivity contribution >= 4 is 11.8 Å². The molecule has 2 heterocycles. The van der Waals surface area contributed by atoms with Crippen molar-refractivity contribution in [1.82, 2.24) is 10.2 Å². The molecule has 0 spiro atoms. The number of hydrogen-bond acceptors (Lipinski definition) is 4. The zero-order valence-electron chi connectivity index (χ0n) is 11.3. The van der Waals surface area contributed by atoms with Crippen LogP contribution in [0.25, 0.3) is 10.4 Å². The van der Waals surface area contributed by atoms with Crippen molar-refractivity contribution < 1.29 is 14.3 Å². The van der Waals surface area contributed by atoms with Gasteiger partial charge in [0.1, 0.15) is 6.23 Å². The van der Waals surface area contributed by atoms with E-state index in [2.05, 4.69) is 15.3 Å². The minimum absolute atomic E-state index is 0.00189. The van der Waals surface area contributed by atoms with E-state index in [0.29, 0.717) is 32.5 Å². The van der Waals surface area contributed by atoms with Gasteiger partial charge < -0.3 is 15.0 Å². The van der Waals surface area contributed by atoms with Crippen molar-refractivity contribution in [2.24, 2.45) is 5.11 Å². The predicted octanol–water partition coefficient (Wildman–Crippen LogP) is 0.930. The summed E-state index contributed by atoms with van der Waals surface area (Å²) in [5.41, 5.74) is 8.10. The zero-order valence-corrected chi connectivity index (χ0v) is 11.3. The van der Waals surface area contributed by atoms with Gasteiger partial charge in [-0.15, -0.1) is 0 Å². The molecule has 2 rings (SSSR count). The number of carbonyl (C=O) groups excluding carboxylic acids is 2. The molecule has 0 bridgehead atoms. The summed E-state index contributed by atoms with van der Waals surface area (Å²) in [6.45, 7) is 1.52. The lowest BCUT2D eigenvalue weighted by Crippen LogP contribution is -2.48. The van der Waals surface area contributed by atoms with Gasteiger partial charge in [-0.1, -0.05) is 11.5 Å². The Morgan fingerprint density at radius 2 is 2.35 bits per heavy atom. The van der Waals surface area contributed by atoms with Crippen LogP contribution < -0.4 is 5.32 Å². The third-order valence-corrected chi connectivity index (χ3v) is 3.52. The van der Waals surface area contributed by atoms with Crippen LogP contribution in [0.15, 0.2) is 5.11 Å². The Morgan fingerprint density at radius 1 is 1.50 bits per heavy atom. The molecule has 1 N–H and O–H groups in total. The molecule has 2 atom stereocenters. The molecule has 0 aromatic rings. The van der Waals surface area contributed by atoms with Gasteiger partial charge in [0, 0.05) is 24.4 Å². The number of amides is 2. The fraction of sp³-hybridized carbons (Fsp3) is 0.833. The summed E-state index contributed by atoms with van der Waals surface area (Å²) in [5, 5.41) is 6.26. The summed E-state index contributed by atoms with van der Waals surface area (Å²) in [6, 6.07) is 0. The number of nitrogens with zero attached hydrogens (tertiary/aromatic N) is 4. The van der Waals surface area contributed by atoms with E-state index in [4.69, 9.17) is 10.3 Å². The van der Waals surface area contributed by atoms with Crippen LogP contribution in [0.2, 0.25) is 0 Å². The molecule has 2 saturated heterocycles. The van der Waals surface area contributed by atoms with Gasteiger partial charge in [-0.3, -0.25) is 9.59 Å². The highest BCUT2D eigenvalue weighted by atomic mass is 16.5.